The Labute approximate surface area is 199 Å². The van der Waals surface area contributed by atoms with Gasteiger partial charge in [0, 0.05) is 23.2 Å². The van der Waals surface area contributed by atoms with Crippen LogP contribution in [0.25, 0.3) is 0 Å². The average molecular weight is 554 g/mol. The Balaban J connectivity index is 1.83. The second kappa shape index (κ2) is 12.2. The van der Waals surface area contributed by atoms with Gasteiger partial charge in [0.25, 0.3) is 11.8 Å². The van der Waals surface area contributed by atoms with E-state index in [4.69, 9.17) is 17.0 Å². The van der Waals surface area contributed by atoms with E-state index >= 15 is 0 Å². The highest BCUT2D eigenvalue weighted by Crippen LogP contribution is 2.21. The fourth-order valence-corrected chi connectivity index (χ4v) is 3.34. The van der Waals surface area contributed by atoms with E-state index in [1.807, 2.05) is 6.92 Å². The maximum atomic E-state index is 12.3. The number of unbranched alkanes of at least 4 members (excludes halogenated alkanes) is 1. The summed E-state index contributed by atoms with van der Waals surface area (Å²) < 4.78 is 5.95. The molecule has 0 saturated carbocycles. The van der Waals surface area contributed by atoms with Crippen LogP contribution in [0, 0.1) is 3.57 Å². The molecule has 31 heavy (non-hydrogen) atoms. The van der Waals surface area contributed by atoms with Gasteiger partial charge in [-0.3, -0.25) is 30.6 Å². The number of anilines is 1. The second-order valence-corrected chi connectivity index (χ2v) is 8.01. The first kappa shape index (κ1) is 24.5. The quantitative estimate of drug-likeness (QED) is 0.238. The molecular formula is C21H23IN4O4S. The SMILES string of the molecule is CCCCC(=O)Nc1ccc(C(=O)NNC(=S)NC(=O)c2ccc(OC)c(I)c2)cc1. The minimum absolute atomic E-state index is 0.0519. The molecule has 0 aliphatic heterocycles. The predicted octanol–water partition coefficient (Wildman–Crippen LogP) is 3.38. The number of carbonyl (C=O) groups is 3. The van der Waals surface area contributed by atoms with Crippen LogP contribution in [0.1, 0.15) is 46.9 Å². The number of benzene rings is 2. The Morgan fingerprint density at radius 1 is 1.00 bits per heavy atom. The first-order chi connectivity index (χ1) is 14.8. The maximum absolute atomic E-state index is 12.3. The Kier molecular flexibility index (Phi) is 9.66. The van der Waals surface area contributed by atoms with Crippen molar-refractivity contribution in [1.29, 1.82) is 0 Å². The van der Waals surface area contributed by atoms with Crippen molar-refractivity contribution in [3.63, 3.8) is 0 Å². The first-order valence-corrected chi connectivity index (χ1v) is 11.0. The van der Waals surface area contributed by atoms with Crippen LogP contribution >= 0.6 is 34.8 Å². The molecule has 0 bridgehead atoms. The number of thiocarbonyl (C=S) groups is 1. The van der Waals surface area contributed by atoms with Gasteiger partial charge in [-0.15, -0.1) is 0 Å². The lowest BCUT2D eigenvalue weighted by Crippen LogP contribution is -2.48. The van der Waals surface area contributed by atoms with Gasteiger partial charge in [0.15, 0.2) is 5.11 Å². The smallest absolute Gasteiger partial charge is 0.269 e. The second-order valence-electron chi connectivity index (χ2n) is 6.44. The molecule has 0 aromatic heterocycles. The van der Waals surface area contributed by atoms with Gasteiger partial charge < -0.3 is 10.1 Å². The first-order valence-electron chi connectivity index (χ1n) is 9.49. The molecular weight excluding hydrogens is 531 g/mol. The highest BCUT2D eigenvalue weighted by molar-refractivity contribution is 14.1. The molecule has 0 aliphatic rings. The molecule has 0 unspecified atom stereocenters. The van der Waals surface area contributed by atoms with Gasteiger partial charge in [0.2, 0.25) is 5.91 Å². The highest BCUT2D eigenvalue weighted by atomic mass is 127. The van der Waals surface area contributed by atoms with Crippen LogP contribution in [0.5, 0.6) is 5.75 Å². The van der Waals surface area contributed by atoms with Crippen LogP contribution in [-0.4, -0.2) is 29.9 Å². The Hall–Kier alpha value is -2.73. The van der Waals surface area contributed by atoms with E-state index in [0.29, 0.717) is 29.0 Å². The molecule has 0 aliphatic carbocycles. The summed E-state index contributed by atoms with van der Waals surface area (Å²) in [5.41, 5.74) is 6.28. The largest absolute Gasteiger partial charge is 0.496 e. The van der Waals surface area contributed by atoms with Crippen molar-refractivity contribution in [2.75, 3.05) is 12.4 Å². The number of methoxy groups -OCH3 is 1. The molecule has 2 aromatic rings. The van der Waals surface area contributed by atoms with Crippen molar-refractivity contribution in [2.45, 2.75) is 26.2 Å². The molecule has 2 aromatic carbocycles. The van der Waals surface area contributed by atoms with Crippen molar-refractivity contribution in [2.24, 2.45) is 0 Å². The number of hydrazine groups is 1. The minimum Gasteiger partial charge on any atom is -0.496 e. The number of nitrogens with one attached hydrogen (secondary N) is 4. The van der Waals surface area contributed by atoms with E-state index in [2.05, 4.69) is 44.1 Å². The Bertz CT molecular complexity index is 966. The van der Waals surface area contributed by atoms with Crippen molar-refractivity contribution >= 4 is 63.3 Å². The molecule has 3 amide bonds. The number of amides is 3. The molecule has 0 radical (unpaired) electrons. The van der Waals surface area contributed by atoms with Gasteiger partial charge in [-0.1, -0.05) is 13.3 Å². The zero-order chi connectivity index (χ0) is 22.8. The van der Waals surface area contributed by atoms with E-state index in [9.17, 15) is 14.4 Å². The summed E-state index contributed by atoms with van der Waals surface area (Å²) in [7, 11) is 1.55. The van der Waals surface area contributed by atoms with Crippen LogP contribution in [0.2, 0.25) is 0 Å². The number of carbonyl (C=O) groups excluding carboxylic acids is 3. The predicted molar refractivity (Wildman–Crippen MR) is 131 cm³/mol. The van der Waals surface area contributed by atoms with Gasteiger partial charge in [-0.25, -0.2) is 0 Å². The molecule has 10 heteroatoms. The van der Waals surface area contributed by atoms with E-state index in [1.54, 1.807) is 49.6 Å². The van der Waals surface area contributed by atoms with E-state index in [0.717, 1.165) is 16.4 Å². The van der Waals surface area contributed by atoms with Crippen molar-refractivity contribution in [3.8, 4) is 5.75 Å². The summed E-state index contributed by atoms with van der Waals surface area (Å²) in [6, 6.07) is 11.4. The molecule has 164 valence electrons. The molecule has 0 heterocycles. The maximum Gasteiger partial charge on any atom is 0.269 e. The molecule has 0 atom stereocenters. The Morgan fingerprint density at radius 3 is 2.29 bits per heavy atom. The molecule has 8 nitrogen and oxygen atoms in total. The number of hydrogen-bond acceptors (Lipinski definition) is 5. The zero-order valence-corrected chi connectivity index (χ0v) is 20.1. The third kappa shape index (κ3) is 7.79. The average Bonchev–Trinajstić information content (AvgIpc) is 2.76. The van der Waals surface area contributed by atoms with Crippen LogP contribution < -0.4 is 26.2 Å². The summed E-state index contributed by atoms with van der Waals surface area (Å²) >= 11 is 7.12. The van der Waals surface area contributed by atoms with Crippen LogP contribution in [-0.2, 0) is 4.79 Å². The lowest BCUT2D eigenvalue weighted by molar-refractivity contribution is -0.116. The normalized spacial score (nSPS) is 10.0. The van der Waals surface area contributed by atoms with E-state index < -0.39 is 11.8 Å². The topological polar surface area (TPSA) is 109 Å². The molecule has 4 N–H and O–H groups in total. The lowest BCUT2D eigenvalue weighted by Gasteiger charge is -2.12. The summed E-state index contributed by atoms with van der Waals surface area (Å²) in [4.78, 5) is 36.3. The zero-order valence-electron chi connectivity index (χ0n) is 17.1. The van der Waals surface area contributed by atoms with Gasteiger partial charge in [0.05, 0.1) is 10.7 Å². The third-order valence-electron chi connectivity index (χ3n) is 4.12. The summed E-state index contributed by atoms with van der Waals surface area (Å²) in [6.45, 7) is 2.02. The lowest BCUT2D eigenvalue weighted by atomic mass is 10.2. The molecule has 0 fully saturated rings. The van der Waals surface area contributed by atoms with Gasteiger partial charge in [-0.05, 0) is 83.7 Å². The summed E-state index contributed by atoms with van der Waals surface area (Å²) in [5, 5.41) is 5.22. The van der Waals surface area contributed by atoms with E-state index in [-0.39, 0.29) is 11.0 Å². The number of halogens is 1. The number of ether oxygens (including phenoxy) is 1. The van der Waals surface area contributed by atoms with Crippen molar-refractivity contribution in [3.05, 3.63) is 57.2 Å². The molecule has 0 spiro atoms. The van der Waals surface area contributed by atoms with Gasteiger partial charge in [0.1, 0.15) is 5.75 Å². The molecule has 2 rings (SSSR count). The van der Waals surface area contributed by atoms with Gasteiger partial charge in [-0.2, -0.15) is 0 Å². The van der Waals surface area contributed by atoms with E-state index in [1.165, 1.54) is 0 Å². The number of rotatable bonds is 7. The van der Waals surface area contributed by atoms with Gasteiger partial charge >= 0.3 is 0 Å². The molecule has 0 saturated heterocycles. The summed E-state index contributed by atoms with van der Waals surface area (Å²) in [5.74, 6) is -0.264. The highest BCUT2D eigenvalue weighted by Gasteiger charge is 2.12. The minimum atomic E-state index is -0.445. The number of hydrogen-bond donors (Lipinski definition) is 4. The van der Waals surface area contributed by atoms with Crippen molar-refractivity contribution in [1.82, 2.24) is 16.2 Å². The summed E-state index contributed by atoms with van der Waals surface area (Å²) in [6.07, 6.45) is 2.23. The van der Waals surface area contributed by atoms with Crippen LogP contribution in [0.3, 0.4) is 0 Å². The third-order valence-corrected chi connectivity index (χ3v) is 5.17. The monoisotopic (exact) mass is 554 g/mol. The van der Waals surface area contributed by atoms with Crippen molar-refractivity contribution < 1.29 is 19.1 Å². The Morgan fingerprint density at radius 2 is 1.68 bits per heavy atom. The standard InChI is InChI=1S/C21H23IN4O4S/c1-3-4-5-18(27)23-15-9-6-13(7-10-15)20(29)25-26-21(31)24-19(28)14-8-11-17(30-2)16(22)12-14/h6-12H,3-5H2,1-2H3,(H,23,27)(H,25,29)(H2,24,26,28,31). The fourth-order valence-electron chi connectivity index (χ4n) is 2.47. The fraction of sp³-hybridized carbons (Fsp3) is 0.238. The van der Waals surface area contributed by atoms with Crippen LogP contribution in [0.4, 0.5) is 5.69 Å². The van der Waals surface area contributed by atoms with Crippen LogP contribution in [0.15, 0.2) is 42.5 Å².